The van der Waals surface area contributed by atoms with Crippen LogP contribution in [0, 0.1) is 0 Å². The normalized spacial score (nSPS) is 10.9. The number of rotatable bonds is 8. The number of amides is 2. The summed E-state index contributed by atoms with van der Waals surface area (Å²) in [5.74, 6) is -0.776. The van der Waals surface area contributed by atoms with Crippen LogP contribution in [-0.4, -0.2) is 51.2 Å². The number of hydrogen-bond acceptors (Lipinski definition) is 5. The molecular formula is C23H24N6O3. The fraction of sp³-hybridized carbons (Fsp3) is 0.217. The fourth-order valence-electron chi connectivity index (χ4n) is 3.38. The number of carbonyl (C=O) groups excluding carboxylic acids is 2. The highest BCUT2D eigenvalue weighted by Crippen LogP contribution is 2.21. The molecule has 0 aliphatic carbocycles. The van der Waals surface area contributed by atoms with E-state index in [1.807, 2.05) is 47.1 Å². The first-order valence-electron chi connectivity index (χ1n) is 10.2. The van der Waals surface area contributed by atoms with Crippen LogP contribution in [0.2, 0.25) is 0 Å². The number of aromatic nitrogens is 4. The molecule has 32 heavy (non-hydrogen) atoms. The molecule has 0 bridgehead atoms. The lowest BCUT2D eigenvalue weighted by atomic mass is 10.2. The number of aryl methyl sites for hydroxylation is 1. The van der Waals surface area contributed by atoms with E-state index < -0.39 is 5.91 Å². The zero-order chi connectivity index (χ0) is 22.5. The van der Waals surface area contributed by atoms with Gasteiger partial charge in [0.15, 0.2) is 0 Å². The third-order valence-corrected chi connectivity index (χ3v) is 5.00. The second-order valence-electron chi connectivity index (χ2n) is 7.26. The van der Waals surface area contributed by atoms with Crippen LogP contribution in [0.5, 0.6) is 0 Å². The van der Waals surface area contributed by atoms with Gasteiger partial charge in [-0.3, -0.25) is 14.3 Å². The van der Waals surface area contributed by atoms with Gasteiger partial charge in [0.25, 0.3) is 11.8 Å². The van der Waals surface area contributed by atoms with Crippen molar-refractivity contribution >= 4 is 23.1 Å². The zero-order valence-corrected chi connectivity index (χ0v) is 17.9. The summed E-state index contributed by atoms with van der Waals surface area (Å²) >= 11 is 0. The van der Waals surface area contributed by atoms with Crippen molar-refractivity contribution in [2.24, 2.45) is 7.05 Å². The molecule has 0 unspecified atom stereocenters. The van der Waals surface area contributed by atoms with Gasteiger partial charge in [0, 0.05) is 57.0 Å². The fourth-order valence-corrected chi connectivity index (χ4v) is 3.38. The van der Waals surface area contributed by atoms with E-state index in [1.165, 1.54) is 10.9 Å². The zero-order valence-electron chi connectivity index (χ0n) is 17.9. The van der Waals surface area contributed by atoms with Gasteiger partial charge in [0.2, 0.25) is 0 Å². The van der Waals surface area contributed by atoms with Crippen molar-refractivity contribution < 1.29 is 14.3 Å². The maximum atomic E-state index is 13.0. The second kappa shape index (κ2) is 9.44. The number of hydrogen-bond donors (Lipinski definition) is 2. The Bertz CT molecular complexity index is 1250. The van der Waals surface area contributed by atoms with Crippen LogP contribution in [0.15, 0.2) is 61.1 Å². The molecule has 0 atom stereocenters. The molecule has 4 rings (SSSR count). The number of imidazole rings is 1. The molecular weight excluding hydrogens is 408 g/mol. The first-order chi connectivity index (χ1) is 15.6. The van der Waals surface area contributed by atoms with Gasteiger partial charge in [0.1, 0.15) is 11.3 Å². The summed E-state index contributed by atoms with van der Waals surface area (Å²) in [5, 5.41) is 9.71. The largest absolute Gasteiger partial charge is 0.385 e. The van der Waals surface area contributed by atoms with Gasteiger partial charge in [-0.25, -0.2) is 4.98 Å². The Morgan fingerprint density at radius 2 is 1.94 bits per heavy atom. The van der Waals surface area contributed by atoms with Gasteiger partial charge < -0.3 is 19.8 Å². The standard InChI is InChI=1S/C23H24N6O3/c1-28-21(18(14-25-28)22(30)24-10-6-12-32-2)23(31)26-17-9-11-29-15-19(27-20(29)13-17)16-7-4-3-5-8-16/h3-5,7-9,11,13-15H,6,10,12H2,1-2H3,(H,24,30)(H,26,31). The number of fused-ring (bicyclic) bond motifs is 1. The van der Waals surface area contributed by atoms with Crippen molar-refractivity contribution in [2.75, 3.05) is 25.6 Å². The SMILES string of the molecule is COCCCNC(=O)c1cnn(C)c1C(=O)Nc1ccn2cc(-c3ccccc3)nc2c1. The highest BCUT2D eigenvalue weighted by Gasteiger charge is 2.22. The third-order valence-electron chi connectivity index (χ3n) is 5.00. The molecule has 0 aliphatic rings. The molecule has 164 valence electrons. The van der Waals surface area contributed by atoms with E-state index in [0.717, 1.165) is 11.3 Å². The molecule has 4 aromatic rings. The summed E-state index contributed by atoms with van der Waals surface area (Å²) < 4.78 is 8.26. The Labute approximate surface area is 185 Å². The van der Waals surface area contributed by atoms with Gasteiger partial charge in [-0.05, 0) is 12.5 Å². The molecule has 0 saturated heterocycles. The monoisotopic (exact) mass is 432 g/mol. The number of pyridine rings is 1. The van der Waals surface area contributed by atoms with Crippen LogP contribution in [0.4, 0.5) is 5.69 Å². The lowest BCUT2D eigenvalue weighted by molar-refractivity contribution is 0.0934. The highest BCUT2D eigenvalue weighted by atomic mass is 16.5. The molecule has 0 spiro atoms. The van der Waals surface area contributed by atoms with Crippen LogP contribution >= 0.6 is 0 Å². The average molecular weight is 432 g/mol. The molecule has 0 aliphatic heterocycles. The molecule has 3 heterocycles. The van der Waals surface area contributed by atoms with E-state index in [1.54, 1.807) is 26.3 Å². The molecule has 9 heteroatoms. The topological polar surface area (TPSA) is 103 Å². The summed E-state index contributed by atoms with van der Waals surface area (Å²) in [6.45, 7) is 0.992. The van der Waals surface area contributed by atoms with Crippen molar-refractivity contribution in [3.05, 3.63) is 72.3 Å². The molecule has 3 aromatic heterocycles. The van der Waals surface area contributed by atoms with Crippen LogP contribution in [-0.2, 0) is 11.8 Å². The third kappa shape index (κ3) is 4.52. The van der Waals surface area contributed by atoms with E-state index in [4.69, 9.17) is 4.74 Å². The van der Waals surface area contributed by atoms with E-state index in [9.17, 15) is 9.59 Å². The van der Waals surface area contributed by atoms with Crippen LogP contribution < -0.4 is 10.6 Å². The molecule has 0 fully saturated rings. The minimum absolute atomic E-state index is 0.183. The maximum absolute atomic E-state index is 13.0. The van der Waals surface area contributed by atoms with Crippen LogP contribution in [0.1, 0.15) is 27.3 Å². The van der Waals surface area contributed by atoms with E-state index in [-0.39, 0.29) is 17.2 Å². The van der Waals surface area contributed by atoms with Crippen molar-refractivity contribution in [3.8, 4) is 11.3 Å². The average Bonchev–Trinajstić information content (AvgIpc) is 3.40. The van der Waals surface area contributed by atoms with E-state index >= 15 is 0 Å². The Morgan fingerprint density at radius 3 is 2.72 bits per heavy atom. The quantitative estimate of drug-likeness (QED) is 0.417. The van der Waals surface area contributed by atoms with Gasteiger partial charge >= 0.3 is 0 Å². The summed E-state index contributed by atoms with van der Waals surface area (Å²) in [6, 6.07) is 13.4. The number of methoxy groups -OCH3 is 1. The summed E-state index contributed by atoms with van der Waals surface area (Å²) in [6.07, 6.45) is 5.84. The van der Waals surface area contributed by atoms with Crippen molar-refractivity contribution in [3.63, 3.8) is 0 Å². The smallest absolute Gasteiger partial charge is 0.274 e. The van der Waals surface area contributed by atoms with E-state index in [2.05, 4.69) is 20.7 Å². The van der Waals surface area contributed by atoms with Gasteiger partial charge in [-0.15, -0.1) is 0 Å². The van der Waals surface area contributed by atoms with Crippen LogP contribution in [0.25, 0.3) is 16.9 Å². The number of nitrogens with one attached hydrogen (secondary N) is 2. The highest BCUT2D eigenvalue weighted by molar-refractivity contribution is 6.11. The van der Waals surface area contributed by atoms with Gasteiger partial charge in [-0.1, -0.05) is 30.3 Å². The maximum Gasteiger partial charge on any atom is 0.274 e. The Balaban J connectivity index is 1.51. The van der Waals surface area contributed by atoms with Crippen molar-refractivity contribution in [2.45, 2.75) is 6.42 Å². The molecule has 2 amide bonds. The number of ether oxygens (including phenoxy) is 1. The molecule has 2 N–H and O–H groups in total. The molecule has 1 aromatic carbocycles. The number of benzene rings is 1. The number of carbonyl (C=O) groups is 2. The second-order valence-corrected chi connectivity index (χ2v) is 7.26. The summed E-state index contributed by atoms with van der Waals surface area (Å²) in [5.41, 5.74) is 3.52. The number of nitrogens with zero attached hydrogens (tertiary/aromatic N) is 4. The van der Waals surface area contributed by atoms with Gasteiger partial charge in [0.05, 0.1) is 17.5 Å². The number of anilines is 1. The molecule has 9 nitrogen and oxygen atoms in total. The predicted octanol–water partition coefficient (Wildman–Crippen LogP) is 2.75. The lowest BCUT2D eigenvalue weighted by Crippen LogP contribution is -2.28. The first kappa shape index (κ1) is 21.3. The Morgan fingerprint density at radius 1 is 1.12 bits per heavy atom. The van der Waals surface area contributed by atoms with Crippen LogP contribution in [0.3, 0.4) is 0 Å². The first-order valence-corrected chi connectivity index (χ1v) is 10.2. The molecule has 0 saturated carbocycles. The van der Waals surface area contributed by atoms with Crippen molar-refractivity contribution in [1.29, 1.82) is 0 Å². The van der Waals surface area contributed by atoms with Gasteiger partial charge in [-0.2, -0.15) is 5.10 Å². The molecule has 0 radical (unpaired) electrons. The summed E-state index contributed by atoms with van der Waals surface area (Å²) in [4.78, 5) is 30.1. The van der Waals surface area contributed by atoms with Crippen molar-refractivity contribution in [1.82, 2.24) is 24.5 Å². The minimum Gasteiger partial charge on any atom is -0.385 e. The minimum atomic E-state index is -0.425. The Hall–Kier alpha value is -3.98. The Kier molecular flexibility index (Phi) is 6.27. The van der Waals surface area contributed by atoms with E-state index in [0.29, 0.717) is 30.9 Å². The summed E-state index contributed by atoms with van der Waals surface area (Å²) in [7, 11) is 3.23. The predicted molar refractivity (Wildman–Crippen MR) is 121 cm³/mol. The lowest BCUT2D eigenvalue weighted by Gasteiger charge is -2.09.